The number of alkyl halides is 3. The van der Waals surface area contributed by atoms with Crippen molar-refractivity contribution in [1.29, 1.82) is 0 Å². The summed E-state index contributed by atoms with van der Waals surface area (Å²) in [5.74, 6) is -4.65. The van der Waals surface area contributed by atoms with Gasteiger partial charge in [-0.3, -0.25) is 9.36 Å². The summed E-state index contributed by atoms with van der Waals surface area (Å²) in [6, 6.07) is 6.69. The Morgan fingerprint density at radius 3 is 2.49 bits per heavy atom. The lowest BCUT2D eigenvalue weighted by molar-refractivity contribution is -0.189. The topological polar surface area (TPSA) is 115 Å². The van der Waals surface area contributed by atoms with Crippen LogP contribution in [-0.4, -0.2) is 43.6 Å². The second-order valence-corrected chi connectivity index (χ2v) is 7.51. The first-order valence-electron chi connectivity index (χ1n) is 9.91. The predicted molar refractivity (Wildman–Crippen MR) is 116 cm³/mol. The first-order valence-corrected chi connectivity index (χ1v) is 10.3. The Bertz CT molecular complexity index is 1330. The van der Waals surface area contributed by atoms with Crippen molar-refractivity contribution in [2.24, 2.45) is 0 Å². The van der Waals surface area contributed by atoms with Crippen molar-refractivity contribution >= 4 is 29.2 Å². The third-order valence-electron chi connectivity index (χ3n) is 4.79. The summed E-state index contributed by atoms with van der Waals surface area (Å²) in [5.41, 5.74) is -1.89. The van der Waals surface area contributed by atoms with Crippen LogP contribution in [0.5, 0.6) is 5.75 Å². The Labute approximate surface area is 199 Å². The number of carboxylic acids is 1. The third kappa shape index (κ3) is 5.29. The molecule has 14 heteroatoms. The molecule has 2 aromatic carbocycles. The minimum absolute atomic E-state index is 0.0428. The number of hydrogen-bond donors (Lipinski definition) is 2. The van der Waals surface area contributed by atoms with Crippen molar-refractivity contribution in [1.82, 2.24) is 14.3 Å². The molecule has 1 aromatic heterocycles. The molecule has 0 aliphatic heterocycles. The smallest absolute Gasteiger partial charge is 0.425 e. The largest absolute Gasteiger partial charge is 0.480 e. The Morgan fingerprint density at radius 2 is 1.94 bits per heavy atom. The molecule has 2 N–H and O–H groups in total. The molecule has 35 heavy (non-hydrogen) atoms. The summed E-state index contributed by atoms with van der Waals surface area (Å²) in [4.78, 5) is 36.8. The van der Waals surface area contributed by atoms with Crippen molar-refractivity contribution in [3.63, 3.8) is 0 Å². The fraction of sp³-hybridized carbons (Fsp3) is 0.238. The highest BCUT2D eigenvalue weighted by molar-refractivity contribution is 6.34. The van der Waals surface area contributed by atoms with E-state index in [4.69, 9.17) is 16.3 Å². The number of aromatic nitrogens is 3. The molecular weight excluding hydrogens is 500 g/mol. The zero-order valence-corrected chi connectivity index (χ0v) is 18.8. The minimum atomic E-state index is -4.81. The van der Waals surface area contributed by atoms with E-state index < -0.39 is 58.5 Å². The average molecular weight is 517 g/mol. The molecule has 1 atom stereocenters. The highest BCUT2D eigenvalue weighted by Crippen LogP contribution is 2.31. The molecule has 0 radical (unpaired) electrons. The number of benzene rings is 2. The van der Waals surface area contributed by atoms with Crippen LogP contribution in [0.25, 0.3) is 5.69 Å². The van der Waals surface area contributed by atoms with Crippen molar-refractivity contribution in [2.45, 2.75) is 32.7 Å². The maximum absolute atomic E-state index is 14.1. The summed E-state index contributed by atoms with van der Waals surface area (Å²) in [7, 11) is 0. The number of nitrogens with zero attached hydrogens (tertiary/aromatic N) is 3. The van der Waals surface area contributed by atoms with Gasteiger partial charge in [0.25, 0.3) is 5.91 Å². The van der Waals surface area contributed by atoms with Gasteiger partial charge in [-0.15, -0.1) is 5.10 Å². The van der Waals surface area contributed by atoms with E-state index in [1.807, 2.05) is 0 Å². The Hall–Kier alpha value is -3.87. The zero-order chi connectivity index (χ0) is 26.1. The van der Waals surface area contributed by atoms with E-state index in [1.54, 1.807) is 0 Å². The van der Waals surface area contributed by atoms with Gasteiger partial charge < -0.3 is 15.2 Å². The normalized spacial score (nSPS) is 12.3. The first-order chi connectivity index (χ1) is 16.3. The van der Waals surface area contributed by atoms with Crippen molar-refractivity contribution in [2.75, 3.05) is 5.32 Å². The first kappa shape index (κ1) is 25.7. The van der Waals surface area contributed by atoms with Gasteiger partial charge in [-0.05, 0) is 38.1 Å². The molecule has 0 spiro atoms. The van der Waals surface area contributed by atoms with Gasteiger partial charge in [0.05, 0.1) is 22.0 Å². The second-order valence-electron chi connectivity index (χ2n) is 7.10. The molecule has 3 rings (SSSR count). The van der Waals surface area contributed by atoms with Crippen LogP contribution in [0.2, 0.25) is 5.02 Å². The van der Waals surface area contributed by atoms with Crippen LogP contribution in [0, 0.1) is 5.82 Å². The molecule has 0 fully saturated rings. The lowest BCUT2D eigenvalue weighted by atomic mass is 10.1. The highest BCUT2D eigenvalue weighted by atomic mass is 35.5. The van der Waals surface area contributed by atoms with Gasteiger partial charge in [-0.1, -0.05) is 17.7 Å². The minimum Gasteiger partial charge on any atom is -0.480 e. The maximum atomic E-state index is 14.1. The molecule has 0 saturated carbocycles. The Morgan fingerprint density at radius 1 is 1.26 bits per heavy atom. The van der Waals surface area contributed by atoms with Crippen molar-refractivity contribution < 1.29 is 37.0 Å². The molecule has 0 bridgehead atoms. The Kier molecular flexibility index (Phi) is 7.19. The number of para-hydroxylation sites is 1. The summed E-state index contributed by atoms with van der Waals surface area (Å²) >= 11 is 5.89. The summed E-state index contributed by atoms with van der Waals surface area (Å²) in [6.07, 6.45) is -7.18. The second kappa shape index (κ2) is 9.78. The van der Waals surface area contributed by atoms with Gasteiger partial charge in [-0.25, -0.2) is 14.0 Å². The molecule has 1 amide bonds. The number of halogens is 5. The molecule has 9 nitrogen and oxygen atoms in total. The van der Waals surface area contributed by atoms with Gasteiger partial charge >= 0.3 is 17.8 Å². The van der Waals surface area contributed by atoms with Crippen LogP contribution < -0.4 is 15.7 Å². The molecule has 186 valence electrons. The van der Waals surface area contributed by atoms with Crippen LogP contribution in [-0.2, 0) is 6.54 Å². The fourth-order valence-corrected chi connectivity index (χ4v) is 3.20. The number of nitrogens with one attached hydrogen (secondary N) is 1. The molecule has 3 aromatic rings. The standard InChI is InChI=1S/C21H17ClF4N4O5/c1-3-29-17(19(32)33)28-30(20(29)34)11-7-8-12(15(9-11)35-10(2)21(24,25)26)18(31)27-16-13(22)5-4-6-14(16)23/h4-10H,3H2,1-2H3,(H,27,31)(H,32,33). The molecule has 1 heterocycles. The number of carbonyl (C=O) groups is 2. The quantitative estimate of drug-likeness (QED) is 0.456. The van der Waals surface area contributed by atoms with E-state index in [0.29, 0.717) is 11.6 Å². The zero-order valence-electron chi connectivity index (χ0n) is 18.1. The van der Waals surface area contributed by atoms with E-state index in [2.05, 4.69) is 10.4 Å². The maximum Gasteiger partial charge on any atom is 0.425 e. The number of amides is 1. The van der Waals surface area contributed by atoms with Crippen molar-refractivity contribution in [3.8, 4) is 11.4 Å². The van der Waals surface area contributed by atoms with E-state index in [0.717, 1.165) is 28.8 Å². The Balaban J connectivity index is 2.11. The number of anilines is 1. The van der Waals surface area contributed by atoms with Gasteiger partial charge in [0.1, 0.15) is 11.6 Å². The van der Waals surface area contributed by atoms with E-state index in [-0.39, 0.29) is 17.3 Å². The summed E-state index contributed by atoms with van der Waals surface area (Å²) in [6.45, 7) is 2.15. The van der Waals surface area contributed by atoms with Gasteiger partial charge in [0.2, 0.25) is 5.82 Å². The van der Waals surface area contributed by atoms with Crippen molar-refractivity contribution in [3.05, 3.63) is 69.1 Å². The van der Waals surface area contributed by atoms with E-state index in [9.17, 15) is 37.1 Å². The lowest BCUT2D eigenvalue weighted by Gasteiger charge is -2.20. The van der Waals surface area contributed by atoms with Crippen LogP contribution >= 0.6 is 11.6 Å². The molecule has 0 aliphatic carbocycles. The number of hydrogen-bond acceptors (Lipinski definition) is 5. The van der Waals surface area contributed by atoms with Crippen LogP contribution in [0.3, 0.4) is 0 Å². The molecular formula is C21H17ClF4N4O5. The van der Waals surface area contributed by atoms with Crippen LogP contribution in [0.15, 0.2) is 41.2 Å². The monoisotopic (exact) mass is 516 g/mol. The molecule has 0 saturated heterocycles. The number of rotatable bonds is 7. The molecule has 1 unspecified atom stereocenters. The van der Waals surface area contributed by atoms with Crippen LogP contribution in [0.1, 0.15) is 34.8 Å². The van der Waals surface area contributed by atoms with Crippen LogP contribution in [0.4, 0.5) is 23.2 Å². The fourth-order valence-electron chi connectivity index (χ4n) is 2.99. The van der Waals surface area contributed by atoms with Gasteiger partial charge in [0.15, 0.2) is 6.10 Å². The average Bonchev–Trinajstić information content (AvgIpc) is 3.12. The summed E-state index contributed by atoms with van der Waals surface area (Å²) in [5, 5.41) is 15.0. The predicted octanol–water partition coefficient (Wildman–Crippen LogP) is 4.13. The van der Waals surface area contributed by atoms with E-state index in [1.165, 1.54) is 19.1 Å². The molecule has 0 aliphatic rings. The van der Waals surface area contributed by atoms with Gasteiger partial charge in [0, 0.05) is 12.6 Å². The van der Waals surface area contributed by atoms with Gasteiger partial charge in [-0.2, -0.15) is 17.9 Å². The number of carboxylic acid groups (broad SMARTS) is 1. The lowest BCUT2D eigenvalue weighted by Crippen LogP contribution is -2.32. The number of carbonyl (C=O) groups excluding carboxylic acids is 1. The SMILES string of the molecule is CCn1c(C(=O)O)nn(-c2ccc(C(=O)Nc3c(F)cccc3Cl)c(OC(C)C(F)(F)F)c2)c1=O. The van der Waals surface area contributed by atoms with E-state index >= 15 is 0 Å². The number of ether oxygens (including phenoxy) is 1. The highest BCUT2D eigenvalue weighted by Gasteiger charge is 2.39. The third-order valence-corrected chi connectivity index (χ3v) is 5.11. The summed E-state index contributed by atoms with van der Waals surface area (Å²) < 4.78 is 60.0. The number of aromatic carboxylic acids is 1.